The fraction of sp³-hybridized carbons (Fsp3) is 0.148. The van der Waals surface area contributed by atoms with Gasteiger partial charge < -0.3 is 0 Å². The van der Waals surface area contributed by atoms with Crippen LogP contribution in [-0.2, 0) is 4.79 Å². The van der Waals surface area contributed by atoms with Crippen molar-refractivity contribution < 1.29 is 4.79 Å². The third-order valence-corrected chi connectivity index (χ3v) is 5.79. The van der Waals surface area contributed by atoms with Crippen LogP contribution in [-0.4, -0.2) is 26.4 Å². The van der Waals surface area contributed by atoms with Gasteiger partial charge in [-0.25, -0.2) is 9.69 Å². The van der Waals surface area contributed by atoms with Gasteiger partial charge in [0.1, 0.15) is 0 Å². The van der Waals surface area contributed by atoms with Gasteiger partial charge in [-0.15, -0.1) is 0 Å². The molecule has 5 nitrogen and oxygen atoms in total. The van der Waals surface area contributed by atoms with Crippen LogP contribution in [0.4, 0.5) is 0 Å². The summed E-state index contributed by atoms with van der Waals surface area (Å²) >= 11 is 0. The van der Waals surface area contributed by atoms with Crippen LogP contribution < -0.4 is 0 Å². The Morgan fingerprint density at radius 2 is 1.53 bits per heavy atom. The third-order valence-electron chi connectivity index (χ3n) is 5.79. The average Bonchev–Trinajstić information content (AvgIpc) is 3.46. The first-order valence-electron chi connectivity index (χ1n) is 10.7. The van der Waals surface area contributed by atoms with Gasteiger partial charge in [0.25, 0.3) is 0 Å². The molecule has 0 N–H and O–H groups in total. The van der Waals surface area contributed by atoms with Crippen LogP contribution in [0, 0.1) is 6.92 Å². The molecule has 3 aromatic carbocycles. The van der Waals surface area contributed by atoms with Gasteiger partial charge >= 0.3 is 0 Å². The molecule has 1 aliphatic heterocycles. The minimum Gasteiger partial charge on any atom is -0.273 e. The zero-order valence-corrected chi connectivity index (χ0v) is 18.1. The van der Waals surface area contributed by atoms with Gasteiger partial charge in [-0.1, -0.05) is 78.4 Å². The molecule has 0 spiro atoms. The fourth-order valence-corrected chi connectivity index (χ4v) is 4.13. The normalized spacial score (nSPS) is 15.6. The Balaban J connectivity index is 1.60. The summed E-state index contributed by atoms with van der Waals surface area (Å²) in [7, 11) is 0. The number of hydrogen-bond donors (Lipinski definition) is 0. The third kappa shape index (κ3) is 3.73. The summed E-state index contributed by atoms with van der Waals surface area (Å²) in [6, 6.07) is 28.2. The minimum atomic E-state index is -0.212. The van der Waals surface area contributed by atoms with Crippen molar-refractivity contribution in [3.05, 3.63) is 108 Å². The number of aromatic nitrogens is 2. The van der Waals surface area contributed by atoms with Crippen LogP contribution in [0.2, 0.25) is 0 Å². The molecule has 2 heterocycles. The van der Waals surface area contributed by atoms with Crippen molar-refractivity contribution in [1.82, 2.24) is 14.8 Å². The van der Waals surface area contributed by atoms with E-state index < -0.39 is 0 Å². The lowest BCUT2D eigenvalue weighted by Gasteiger charge is -2.20. The molecular weight excluding hydrogens is 396 g/mol. The van der Waals surface area contributed by atoms with Crippen LogP contribution in [0.1, 0.15) is 36.1 Å². The highest BCUT2D eigenvalue weighted by atomic mass is 16.2. The molecule has 0 saturated heterocycles. The predicted molar refractivity (Wildman–Crippen MR) is 127 cm³/mol. The standard InChI is InChI=1S/C27H24N4O/c1-19-13-15-21(16-14-19)25-17-26(31(28-25)20(2)32)24-18-30(23-11-7-4-8-12-23)29-27(24)22-9-5-3-6-10-22/h3-16,18,26H,17H2,1-2H3/t26-/m1/s1. The number of aryl methyl sites for hydroxylation is 1. The van der Waals surface area contributed by atoms with Crippen molar-refractivity contribution in [3.63, 3.8) is 0 Å². The van der Waals surface area contributed by atoms with Gasteiger partial charge in [-0.05, 0) is 24.6 Å². The van der Waals surface area contributed by atoms with Crippen LogP contribution in [0.5, 0.6) is 0 Å². The molecule has 0 saturated carbocycles. The predicted octanol–water partition coefficient (Wildman–Crippen LogP) is 5.55. The second kappa shape index (κ2) is 8.27. The lowest BCUT2D eigenvalue weighted by molar-refractivity contribution is -0.130. The largest absolute Gasteiger partial charge is 0.273 e. The molecular formula is C27H24N4O. The zero-order valence-electron chi connectivity index (χ0n) is 18.1. The maximum Gasteiger partial charge on any atom is 0.240 e. The molecule has 0 aliphatic carbocycles. The Morgan fingerprint density at radius 1 is 0.875 bits per heavy atom. The van der Waals surface area contributed by atoms with E-state index in [1.165, 1.54) is 5.56 Å². The summed E-state index contributed by atoms with van der Waals surface area (Å²) in [5.41, 5.74) is 7.00. The second-order valence-corrected chi connectivity index (χ2v) is 8.08. The number of carbonyl (C=O) groups excluding carboxylic acids is 1. The van der Waals surface area contributed by atoms with E-state index >= 15 is 0 Å². The molecule has 1 amide bonds. The quantitative estimate of drug-likeness (QED) is 0.435. The summed E-state index contributed by atoms with van der Waals surface area (Å²) in [4.78, 5) is 12.6. The summed E-state index contributed by atoms with van der Waals surface area (Å²) in [5.74, 6) is -0.0800. The maximum absolute atomic E-state index is 12.6. The van der Waals surface area contributed by atoms with Crippen molar-refractivity contribution >= 4 is 11.6 Å². The lowest BCUT2D eigenvalue weighted by atomic mass is 9.96. The molecule has 4 aromatic rings. The van der Waals surface area contributed by atoms with Gasteiger partial charge in [0.05, 0.1) is 23.1 Å². The smallest absolute Gasteiger partial charge is 0.240 e. The number of hydrogen-bond acceptors (Lipinski definition) is 3. The van der Waals surface area contributed by atoms with Crippen LogP contribution >= 0.6 is 0 Å². The van der Waals surface area contributed by atoms with Gasteiger partial charge in [0.2, 0.25) is 5.91 Å². The van der Waals surface area contributed by atoms with Crippen molar-refractivity contribution in [2.24, 2.45) is 5.10 Å². The molecule has 5 heteroatoms. The van der Waals surface area contributed by atoms with Crippen molar-refractivity contribution in [1.29, 1.82) is 0 Å². The highest BCUT2D eigenvalue weighted by Gasteiger charge is 2.34. The van der Waals surface area contributed by atoms with Crippen LogP contribution in [0.25, 0.3) is 16.9 Å². The molecule has 5 rings (SSSR count). The van der Waals surface area contributed by atoms with E-state index in [2.05, 4.69) is 43.3 Å². The minimum absolute atomic E-state index is 0.0800. The zero-order chi connectivity index (χ0) is 22.1. The Morgan fingerprint density at radius 3 is 2.19 bits per heavy atom. The van der Waals surface area contributed by atoms with E-state index in [9.17, 15) is 4.79 Å². The molecule has 1 atom stereocenters. The number of rotatable bonds is 4. The molecule has 1 aromatic heterocycles. The van der Waals surface area contributed by atoms with E-state index in [1.54, 1.807) is 11.9 Å². The number of benzene rings is 3. The molecule has 0 unspecified atom stereocenters. The second-order valence-electron chi connectivity index (χ2n) is 8.08. The molecule has 0 fully saturated rings. The molecule has 32 heavy (non-hydrogen) atoms. The van der Waals surface area contributed by atoms with E-state index in [1.807, 2.05) is 59.4 Å². The Labute approximate surface area is 187 Å². The highest BCUT2D eigenvalue weighted by molar-refractivity contribution is 6.03. The highest BCUT2D eigenvalue weighted by Crippen LogP contribution is 2.38. The SMILES string of the molecule is CC(=O)N1N=C(c2ccc(C)cc2)C[C@@H]1c1cn(-c2ccccc2)nc1-c1ccccc1. The molecule has 158 valence electrons. The topological polar surface area (TPSA) is 50.5 Å². The Kier molecular flexibility index (Phi) is 5.15. The first-order valence-corrected chi connectivity index (χ1v) is 10.7. The summed E-state index contributed by atoms with van der Waals surface area (Å²) in [5, 5.41) is 11.3. The number of nitrogens with zero attached hydrogens (tertiary/aromatic N) is 4. The first-order chi connectivity index (χ1) is 15.6. The average molecular weight is 421 g/mol. The molecule has 0 bridgehead atoms. The summed E-state index contributed by atoms with van der Waals surface area (Å²) < 4.78 is 1.89. The Hall–Kier alpha value is -3.99. The van der Waals surface area contributed by atoms with Gasteiger partial charge in [-0.3, -0.25) is 4.79 Å². The van der Waals surface area contributed by atoms with Gasteiger partial charge in [0.15, 0.2) is 0 Å². The van der Waals surface area contributed by atoms with Crippen molar-refractivity contribution in [2.75, 3.05) is 0 Å². The number of para-hydroxylation sites is 1. The Bertz CT molecular complexity index is 1270. The summed E-state index contributed by atoms with van der Waals surface area (Å²) in [6.07, 6.45) is 2.68. The van der Waals surface area contributed by atoms with Crippen molar-refractivity contribution in [2.45, 2.75) is 26.3 Å². The van der Waals surface area contributed by atoms with Gasteiger partial charge in [-0.2, -0.15) is 10.2 Å². The molecule has 1 aliphatic rings. The van der Waals surface area contributed by atoms with E-state index in [0.717, 1.165) is 33.8 Å². The molecule has 0 radical (unpaired) electrons. The monoisotopic (exact) mass is 420 g/mol. The maximum atomic E-state index is 12.6. The van der Waals surface area contributed by atoms with Crippen molar-refractivity contribution in [3.8, 4) is 16.9 Å². The lowest BCUT2D eigenvalue weighted by Crippen LogP contribution is -2.24. The van der Waals surface area contributed by atoms with Crippen LogP contribution in [0.3, 0.4) is 0 Å². The summed E-state index contributed by atoms with van der Waals surface area (Å²) in [6.45, 7) is 3.63. The fourth-order valence-electron chi connectivity index (χ4n) is 4.13. The van der Waals surface area contributed by atoms with Gasteiger partial charge in [0, 0.05) is 30.7 Å². The van der Waals surface area contributed by atoms with E-state index in [-0.39, 0.29) is 11.9 Å². The van der Waals surface area contributed by atoms with Crippen LogP contribution in [0.15, 0.2) is 96.2 Å². The van der Waals surface area contributed by atoms with E-state index in [4.69, 9.17) is 10.2 Å². The first kappa shape index (κ1) is 19.9. The number of amides is 1. The van der Waals surface area contributed by atoms with E-state index in [0.29, 0.717) is 6.42 Å². The number of carbonyl (C=O) groups is 1. The number of hydrazone groups is 1.